The van der Waals surface area contributed by atoms with E-state index in [4.69, 9.17) is 0 Å². The molecule has 3 heterocycles. The number of H-pyrrole nitrogens is 1. The highest BCUT2D eigenvalue weighted by molar-refractivity contribution is 5.82. The normalized spacial score (nSPS) is 26.9. The zero-order valence-electron chi connectivity index (χ0n) is 11.1. The fourth-order valence-corrected chi connectivity index (χ4v) is 2.98. The second-order valence-corrected chi connectivity index (χ2v) is 5.57. The van der Waals surface area contributed by atoms with Gasteiger partial charge in [-0.2, -0.15) is 0 Å². The summed E-state index contributed by atoms with van der Waals surface area (Å²) in [5.74, 6) is -1.68. The summed E-state index contributed by atoms with van der Waals surface area (Å²) in [6.07, 6.45) is 4.77. The highest BCUT2D eigenvalue weighted by Gasteiger charge is 2.43. The predicted molar refractivity (Wildman–Crippen MR) is 68.5 cm³/mol. The molecule has 0 saturated carbocycles. The number of nitrogens with one attached hydrogen (secondary N) is 2. The van der Waals surface area contributed by atoms with E-state index in [1.807, 2.05) is 0 Å². The molecule has 0 bridgehead atoms. The van der Waals surface area contributed by atoms with Crippen molar-refractivity contribution in [2.45, 2.75) is 37.1 Å². The van der Waals surface area contributed by atoms with Crippen LogP contribution in [0.3, 0.4) is 0 Å². The molecular formula is C13H18F2N4O. The summed E-state index contributed by atoms with van der Waals surface area (Å²) >= 11 is 0. The molecule has 2 aliphatic heterocycles. The Labute approximate surface area is 115 Å². The molecular weight excluding hydrogens is 266 g/mol. The van der Waals surface area contributed by atoms with Crippen molar-refractivity contribution in [2.75, 3.05) is 19.6 Å². The van der Waals surface area contributed by atoms with Crippen molar-refractivity contribution in [3.8, 4) is 0 Å². The summed E-state index contributed by atoms with van der Waals surface area (Å²) < 4.78 is 26.2. The molecule has 0 spiro atoms. The van der Waals surface area contributed by atoms with Crippen LogP contribution < -0.4 is 5.32 Å². The number of carbonyl (C=O) groups is 1. The summed E-state index contributed by atoms with van der Waals surface area (Å²) in [7, 11) is 0. The number of hydrogen-bond acceptors (Lipinski definition) is 3. The number of rotatable bonds is 2. The molecule has 0 aromatic carbocycles. The minimum Gasteiger partial charge on any atom is -0.348 e. The van der Waals surface area contributed by atoms with Gasteiger partial charge in [0.15, 0.2) is 0 Å². The zero-order chi connectivity index (χ0) is 14.2. The van der Waals surface area contributed by atoms with Gasteiger partial charge in [-0.1, -0.05) is 0 Å². The van der Waals surface area contributed by atoms with Crippen LogP contribution in [0, 0.1) is 0 Å². The minimum absolute atomic E-state index is 0.194. The predicted octanol–water partition coefficient (Wildman–Crippen LogP) is 1.11. The molecule has 1 unspecified atom stereocenters. The summed E-state index contributed by atoms with van der Waals surface area (Å²) in [6.45, 7) is 0.814. The number of carbonyl (C=O) groups excluding carboxylic acids is 1. The maximum absolute atomic E-state index is 13.1. The van der Waals surface area contributed by atoms with Gasteiger partial charge in [-0.05, 0) is 12.8 Å². The van der Waals surface area contributed by atoms with Crippen molar-refractivity contribution in [2.24, 2.45) is 0 Å². The minimum atomic E-state index is -2.76. The molecule has 2 aliphatic rings. The van der Waals surface area contributed by atoms with Crippen molar-refractivity contribution < 1.29 is 13.6 Å². The molecule has 1 aromatic rings. The van der Waals surface area contributed by atoms with Gasteiger partial charge >= 0.3 is 0 Å². The number of likely N-dealkylation sites (tertiary alicyclic amines) is 1. The topological polar surface area (TPSA) is 61.0 Å². The molecule has 3 rings (SSSR count). The van der Waals surface area contributed by atoms with Crippen molar-refractivity contribution in [3.05, 3.63) is 18.2 Å². The smallest absolute Gasteiger partial charge is 0.262 e. The van der Waals surface area contributed by atoms with E-state index in [2.05, 4.69) is 15.3 Å². The van der Waals surface area contributed by atoms with Gasteiger partial charge in [0.2, 0.25) is 5.91 Å². The summed E-state index contributed by atoms with van der Waals surface area (Å²) in [5.41, 5.74) is 0. The SMILES string of the molecule is O=C(C1CC(F)(F)CN1)N1CCC(c2ncc[nH]2)CC1. The Morgan fingerprint density at radius 3 is 2.70 bits per heavy atom. The Morgan fingerprint density at radius 2 is 2.15 bits per heavy atom. The van der Waals surface area contributed by atoms with E-state index in [1.54, 1.807) is 17.3 Å². The lowest BCUT2D eigenvalue weighted by atomic mass is 9.95. The third kappa shape index (κ3) is 2.67. The molecule has 1 amide bonds. The number of piperidine rings is 1. The molecule has 20 heavy (non-hydrogen) atoms. The molecule has 2 fully saturated rings. The Hall–Kier alpha value is -1.50. The maximum Gasteiger partial charge on any atom is 0.262 e. The van der Waals surface area contributed by atoms with Crippen LogP contribution in [-0.2, 0) is 4.79 Å². The Kier molecular flexibility index (Phi) is 3.45. The van der Waals surface area contributed by atoms with Crippen LogP contribution in [-0.4, -0.2) is 52.4 Å². The van der Waals surface area contributed by atoms with E-state index in [1.165, 1.54) is 0 Å². The molecule has 1 aromatic heterocycles. The average Bonchev–Trinajstić information content (AvgIpc) is 3.07. The number of amides is 1. The third-order valence-electron chi connectivity index (χ3n) is 4.12. The van der Waals surface area contributed by atoms with E-state index in [9.17, 15) is 13.6 Å². The van der Waals surface area contributed by atoms with Crippen LogP contribution in [0.2, 0.25) is 0 Å². The number of aromatic nitrogens is 2. The van der Waals surface area contributed by atoms with Gasteiger partial charge in [0.25, 0.3) is 5.92 Å². The second kappa shape index (κ2) is 5.12. The second-order valence-electron chi connectivity index (χ2n) is 5.57. The fourth-order valence-electron chi connectivity index (χ4n) is 2.98. The Balaban J connectivity index is 1.54. The number of imidazole rings is 1. The lowest BCUT2D eigenvalue weighted by molar-refractivity contribution is -0.134. The first-order chi connectivity index (χ1) is 9.55. The molecule has 0 aliphatic carbocycles. The lowest BCUT2D eigenvalue weighted by Crippen LogP contribution is -2.46. The number of halogens is 2. The number of alkyl halides is 2. The highest BCUT2D eigenvalue weighted by atomic mass is 19.3. The van der Waals surface area contributed by atoms with Gasteiger partial charge in [0, 0.05) is 37.8 Å². The monoisotopic (exact) mass is 284 g/mol. The van der Waals surface area contributed by atoms with Gasteiger partial charge in [-0.25, -0.2) is 13.8 Å². The van der Waals surface area contributed by atoms with Crippen molar-refractivity contribution in [3.63, 3.8) is 0 Å². The molecule has 1 atom stereocenters. The van der Waals surface area contributed by atoms with Crippen LogP contribution in [0.15, 0.2) is 12.4 Å². The van der Waals surface area contributed by atoms with Crippen molar-refractivity contribution >= 4 is 5.91 Å². The van der Waals surface area contributed by atoms with Crippen LogP contribution in [0.5, 0.6) is 0 Å². The first kappa shape index (κ1) is 13.5. The van der Waals surface area contributed by atoms with Crippen LogP contribution in [0.1, 0.15) is 31.0 Å². The third-order valence-corrected chi connectivity index (χ3v) is 4.12. The number of aromatic amines is 1. The molecule has 7 heteroatoms. The first-order valence-corrected chi connectivity index (χ1v) is 6.94. The van der Waals surface area contributed by atoms with Crippen LogP contribution in [0.4, 0.5) is 8.78 Å². The van der Waals surface area contributed by atoms with E-state index in [-0.39, 0.29) is 12.3 Å². The van der Waals surface area contributed by atoms with E-state index >= 15 is 0 Å². The van der Waals surface area contributed by atoms with Gasteiger partial charge in [0.05, 0.1) is 12.6 Å². The Bertz CT molecular complexity index is 469. The average molecular weight is 284 g/mol. The summed E-state index contributed by atoms with van der Waals surface area (Å²) in [6, 6.07) is -0.731. The molecule has 2 N–H and O–H groups in total. The molecule has 5 nitrogen and oxygen atoms in total. The number of nitrogens with zero attached hydrogens (tertiary/aromatic N) is 2. The molecule has 110 valence electrons. The van der Waals surface area contributed by atoms with Gasteiger partial charge < -0.3 is 9.88 Å². The quantitative estimate of drug-likeness (QED) is 0.855. The largest absolute Gasteiger partial charge is 0.348 e. The van der Waals surface area contributed by atoms with Crippen LogP contribution in [0.25, 0.3) is 0 Å². The van der Waals surface area contributed by atoms with E-state index in [0.717, 1.165) is 18.7 Å². The standard InChI is InChI=1S/C13H18F2N4O/c14-13(15)7-10(18-8-13)12(20)19-5-1-9(2-6-19)11-16-3-4-17-11/h3-4,9-10,18H,1-2,5-8H2,(H,16,17). The zero-order valence-corrected chi connectivity index (χ0v) is 11.1. The summed E-state index contributed by atoms with van der Waals surface area (Å²) in [5, 5.41) is 2.62. The fraction of sp³-hybridized carbons (Fsp3) is 0.692. The highest BCUT2D eigenvalue weighted by Crippen LogP contribution is 2.29. The first-order valence-electron chi connectivity index (χ1n) is 6.94. The molecule has 2 saturated heterocycles. The number of hydrogen-bond donors (Lipinski definition) is 2. The van der Waals surface area contributed by atoms with Crippen molar-refractivity contribution in [1.82, 2.24) is 20.2 Å². The summed E-state index contributed by atoms with van der Waals surface area (Å²) in [4.78, 5) is 21.2. The van der Waals surface area contributed by atoms with Crippen LogP contribution >= 0.6 is 0 Å². The van der Waals surface area contributed by atoms with Gasteiger partial charge in [-0.15, -0.1) is 0 Å². The Morgan fingerprint density at radius 1 is 1.40 bits per heavy atom. The van der Waals surface area contributed by atoms with E-state index in [0.29, 0.717) is 19.0 Å². The maximum atomic E-state index is 13.1. The lowest BCUT2D eigenvalue weighted by Gasteiger charge is -2.32. The van der Waals surface area contributed by atoms with E-state index < -0.39 is 18.5 Å². The molecule has 0 radical (unpaired) electrons. The van der Waals surface area contributed by atoms with Gasteiger partial charge in [0.1, 0.15) is 5.82 Å². The van der Waals surface area contributed by atoms with Gasteiger partial charge in [-0.3, -0.25) is 10.1 Å². The van der Waals surface area contributed by atoms with Crippen molar-refractivity contribution in [1.29, 1.82) is 0 Å².